The first kappa shape index (κ1) is 12.0. The van der Waals surface area contributed by atoms with Gasteiger partial charge in [0.05, 0.1) is 11.7 Å². The molecular weight excluding hydrogens is 290 g/mol. The Bertz CT molecular complexity index is 480. The van der Waals surface area contributed by atoms with Gasteiger partial charge in [0.25, 0.3) is 0 Å². The second-order valence-electron chi connectivity index (χ2n) is 5.18. The van der Waals surface area contributed by atoms with Gasteiger partial charge in [-0.05, 0) is 47.8 Å². The molecule has 1 aromatic heterocycles. The van der Waals surface area contributed by atoms with Crippen LogP contribution in [0.3, 0.4) is 0 Å². The lowest BCUT2D eigenvalue weighted by Crippen LogP contribution is -2.46. The van der Waals surface area contributed by atoms with E-state index in [9.17, 15) is 0 Å². The Hall–Kier alpha value is -1.03. The molecule has 2 aliphatic rings. The number of rotatable bonds is 1. The highest BCUT2D eigenvalue weighted by Crippen LogP contribution is 2.39. The van der Waals surface area contributed by atoms with E-state index < -0.39 is 0 Å². The van der Waals surface area contributed by atoms with Crippen molar-refractivity contribution in [3.63, 3.8) is 0 Å². The molecule has 2 heterocycles. The van der Waals surface area contributed by atoms with Crippen LogP contribution in [-0.2, 0) is 0 Å². The summed E-state index contributed by atoms with van der Waals surface area (Å²) in [7, 11) is 0. The lowest BCUT2D eigenvalue weighted by atomic mass is 10.1. The van der Waals surface area contributed by atoms with Crippen molar-refractivity contribution < 1.29 is 0 Å². The van der Waals surface area contributed by atoms with Crippen LogP contribution in [0.4, 0.5) is 11.5 Å². The quantitative estimate of drug-likeness (QED) is 0.797. The highest BCUT2D eigenvalue weighted by molar-refractivity contribution is 9.10. The summed E-state index contributed by atoms with van der Waals surface area (Å²) in [4.78, 5) is 7.11. The minimum atomic E-state index is 0.308. The van der Waals surface area contributed by atoms with E-state index in [1.54, 1.807) is 0 Å². The molecular formula is C14H18BrN3. The number of hydrogen-bond donors (Lipinski definition) is 1. The summed E-state index contributed by atoms with van der Waals surface area (Å²) in [5.74, 6) is 1.07. The van der Waals surface area contributed by atoms with Gasteiger partial charge in [-0.15, -0.1) is 0 Å². The highest BCUT2D eigenvalue weighted by atomic mass is 79.9. The summed E-state index contributed by atoms with van der Waals surface area (Å²) < 4.78 is 0.894. The molecule has 4 heteroatoms. The van der Waals surface area contributed by atoms with E-state index in [1.807, 2.05) is 6.07 Å². The molecule has 3 nitrogen and oxygen atoms in total. The zero-order valence-electron chi connectivity index (χ0n) is 10.6. The average Bonchev–Trinajstić information content (AvgIpc) is 2.85. The van der Waals surface area contributed by atoms with Crippen LogP contribution in [0.5, 0.6) is 0 Å². The van der Waals surface area contributed by atoms with Crippen LogP contribution in [0.1, 0.15) is 32.6 Å². The molecule has 0 radical (unpaired) electrons. The van der Waals surface area contributed by atoms with E-state index in [-0.39, 0.29) is 0 Å². The minimum Gasteiger partial charge on any atom is -0.355 e. The van der Waals surface area contributed by atoms with Gasteiger partial charge in [0.2, 0.25) is 0 Å². The monoisotopic (exact) mass is 307 g/mol. The first-order valence-corrected chi connectivity index (χ1v) is 7.37. The minimum absolute atomic E-state index is 0.308. The average molecular weight is 308 g/mol. The van der Waals surface area contributed by atoms with Gasteiger partial charge in [0, 0.05) is 11.7 Å². The van der Waals surface area contributed by atoms with Crippen molar-refractivity contribution in [3.05, 3.63) is 29.0 Å². The first-order chi connectivity index (χ1) is 8.66. The predicted molar refractivity (Wildman–Crippen MR) is 78.9 cm³/mol. The number of fused-ring (bicyclic) bond motifs is 1. The molecule has 0 aromatic carbocycles. The van der Waals surface area contributed by atoms with Crippen molar-refractivity contribution in [2.24, 2.45) is 0 Å². The fourth-order valence-corrected chi connectivity index (χ4v) is 3.32. The van der Waals surface area contributed by atoms with Crippen LogP contribution in [0.15, 0.2) is 29.0 Å². The Kier molecular flexibility index (Phi) is 3.06. The Morgan fingerprint density at radius 2 is 2.11 bits per heavy atom. The highest BCUT2D eigenvalue weighted by Gasteiger charge is 2.33. The maximum Gasteiger partial charge on any atom is 0.154 e. The van der Waals surface area contributed by atoms with Gasteiger partial charge in [0.1, 0.15) is 4.60 Å². The number of hydrogen-bond acceptors (Lipinski definition) is 3. The van der Waals surface area contributed by atoms with Crippen LogP contribution < -0.4 is 10.2 Å². The van der Waals surface area contributed by atoms with Gasteiger partial charge in [-0.2, -0.15) is 0 Å². The third-order valence-electron chi connectivity index (χ3n) is 4.02. The Labute approximate surface area is 116 Å². The number of anilines is 2. The van der Waals surface area contributed by atoms with E-state index in [0.717, 1.165) is 21.8 Å². The summed E-state index contributed by atoms with van der Waals surface area (Å²) in [5.41, 5.74) is 2.15. The summed E-state index contributed by atoms with van der Waals surface area (Å²) in [6.45, 7) is 6.35. The van der Waals surface area contributed by atoms with Crippen molar-refractivity contribution >= 4 is 27.4 Å². The lowest BCUT2D eigenvalue weighted by molar-refractivity contribution is 0.553. The van der Waals surface area contributed by atoms with Gasteiger partial charge < -0.3 is 10.2 Å². The van der Waals surface area contributed by atoms with Gasteiger partial charge in [0.15, 0.2) is 5.82 Å². The van der Waals surface area contributed by atoms with Crippen LogP contribution in [0.2, 0.25) is 0 Å². The zero-order valence-corrected chi connectivity index (χ0v) is 12.2. The summed E-state index contributed by atoms with van der Waals surface area (Å²) in [6, 6.07) is 4.97. The van der Waals surface area contributed by atoms with Crippen molar-refractivity contribution in [2.75, 3.05) is 10.2 Å². The van der Waals surface area contributed by atoms with E-state index in [2.05, 4.69) is 50.7 Å². The van der Waals surface area contributed by atoms with Crippen molar-refractivity contribution in [1.29, 1.82) is 0 Å². The number of nitrogens with zero attached hydrogens (tertiary/aromatic N) is 2. The largest absolute Gasteiger partial charge is 0.355 e. The summed E-state index contributed by atoms with van der Waals surface area (Å²) >= 11 is 3.47. The predicted octanol–water partition coefficient (Wildman–Crippen LogP) is 3.92. The molecule has 0 bridgehead atoms. The molecule has 1 aliphatic carbocycles. The fourth-order valence-electron chi connectivity index (χ4n) is 3.02. The number of nitrogens with one attached hydrogen (secondary N) is 1. The summed E-state index contributed by atoms with van der Waals surface area (Å²) in [6.07, 6.45) is 5.20. The van der Waals surface area contributed by atoms with E-state index >= 15 is 0 Å². The molecule has 1 atom stereocenters. The molecule has 1 aliphatic heterocycles. The molecule has 0 spiro atoms. The van der Waals surface area contributed by atoms with Gasteiger partial charge >= 0.3 is 0 Å². The van der Waals surface area contributed by atoms with Crippen LogP contribution in [0, 0.1) is 0 Å². The Morgan fingerprint density at radius 1 is 1.39 bits per heavy atom. The third kappa shape index (κ3) is 1.92. The SMILES string of the molecule is C=C1Nc2ccc(Br)nc2N(C2CCCC2)C1C. The molecule has 1 unspecified atom stereocenters. The number of aromatic nitrogens is 1. The lowest BCUT2D eigenvalue weighted by Gasteiger charge is -2.41. The first-order valence-electron chi connectivity index (χ1n) is 6.57. The molecule has 1 N–H and O–H groups in total. The third-order valence-corrected chi connectivity index (χ3v) is 4.46. The fraction of sp³-hybridized carbons (Fsp3) is 0.500. The van der Waals surface area contributed by atoms with E-state index in [4.69, 9.17) is 0 Å². The second kappa shape index (κ2) is 4.57. The maximum atomic E-state index is 4.66. The molecule has 0 amide bonds. The summed E-state index contributed by atoms with van der Waals surface area (Å²) in [5, 5.41) is 3.37. The molecule has 18 heavy (non-hydrogen) atoms. The van der Waals surface area contributed by atoms with Crippen LogP contribution >= 0.6 is 15.9 Å². The molecule has 1 fully saturated rings. The van der Waals surface area contributed by atoms with E-state index in [0.29, 0.717) is 12.1 Å². The molecule has 96 valence electrons. The van der Waals surface area contributed by atoms with Crippen LogP contribution in [0.25, 0.3) is 0 Å². The topological polar surface area (TPSA) is 28.2 Å². The van der Waals surface area contributed by atoms with Gasteiger partial charge in [-0.25, -0.2) is 4.98 Å². The molecule has 3 rings (SSSR count). The molecule has 0 saturated heterocycles. The van der Waals surface area contributed by atoms with Crippen LogP contribution in [-0.4, -0.2) is 17.1 Å². The second-order valence-corrected chi connectivity index (χ2v) is 5.99. The zero-order chi connectivity index (χ0) is 12.7. The molecule has 1 saturated carbocycles. The van der Waals surface area contributed by atoms with Gasteiger partial charge in [-0.3, -0.25) is 0 Å². The smallest absolute Gasteiger partial charge is 0.154 e. The Balaban J connectivity index is 2.05. The molecule has 1 aromatic rings. The van der Waals surface area contributed by atoms with Gasteiger partial charge in [-0.1, -0.05) is 19.4 Å². The van der Waals surface area contributed by atoms with Crippen molar-refractivity contribution in [2.45, 2.75) is 44.7 Å². The standard InChI is InChI=1S/C14H18BrN3/c1-9-10(2)18(11-5-3-4-6-11)14-12(16-9)7-8-13(15)17-14/h7-8,10-11,16H,1,3-6H2,2H3. The number of pyridine rings is 1. The van der Waals surface area contributed by atoms with Crippen molar-refractivity contribution in [3.8, 4) is 0 Å². The Morgan fingerprint density at radius 3 is 2.83 bits per heavy atom. The normalized spacial score (nSPS) is 24.0. The van der Waals surface area contributed by atoms with Crippen molar-refractivity contribution in [1.82, 2.24) is 4.98 Å². The maximum absolute atomic E-state index is 4.66. The van der Waals surface area contributed by atoms with E-state index in [1.165, 1.54) is 25.7 Å². The number of halogens is 1.